The Balaban J connectivity index is 2.73. The van der Waals surface area contributed by atoms with Crippen molar-refractivity contribution in [1.82, 2.24) is 0 Å². The van der Waals surface area contributed by atoms with Gasteiger partial charge in [-0.05, 0) is 0 Å². The highest BCUT2D eigenvalue weighted by Crippen LogP contribution is 2.55. The van der Waals surface area contributed by atoms with Crippen LogP contribution in [0.15, 0.2) is 11.1 Å². The van der Waals surface area contributed by atoms with Crippen LogP contribution in [0, 0.1) is 11.3 Å². The van der Waals surface area contributed by atoms with Crippen molar-refractivity contribution in [2.75, 3.05) is 0 Å². The van der Waals surface area contributed by atoms with Crippen LogP contribution in [0.4, 0.5) is 13.2 Å². The lowest BCUT2D eigenvalue weighted by atomic mass is 10.1. The second kappa shape index (κ2) is 3.70. The van der Waals surface area contributed by atoms with Gasteiger partial charge in [0, 0.05) is 11.3 Å². The van der Waals surface area contributed by atoms with Crippen molar-refractivity contribution in [3.63, 3.8) is 0 Å². The van der Waals surface area contributed by atoms with Gasteiger partial charge in [-0.25, -0.2) is 0 Å². The molecule has 0 aliphatic heterocycles. The molecule has 1 aliphatic carbocycles. The fraction of sp³-hybridized carbons (Fsp3) is 0.667. The lowest BCUT2D eigenvalue weighted by molar-refractivity contribution is -0.130. The molecule has 0 N–H and O–H groups in total. The number of hydrogen-bond acceptors (Lipinski definition) is 2. The Morgan fingerprint density at radius 3 is 2.40 bits per heavy atom. The second-order valence-electron chi connectivity index (χ2n) is 4.01. The molecule has 0 bridgehead atoms. The highest BCUT2D eigenvalue weighted by atomic mass is 35.5. The summed E-state index contributed by atoms with van der Waals surface area (Å²) in [6, 6.07) is 0. The molecule has 0 spiro atoms. The van der Waals surface area contributed by atoms with E-state index >= 15 is 0 Å². The molecule has 1 rings (SSSR count). The van der Waals surface area contributed by atoms with Crippen molar-refractivity contribution in [1.29, 1.82) is 0 Å². The summed E-state index contributed by atoms with van der Waals surface area (Å²) in [5.74, 6) is -0.475. The molecule has 0 amide bonds. The van der Waals surface area contributed by atoms with Crippen molar-refractivity contribution >= 4 is 18.1 Å². The topological polar surface area (TPSA) is 26.3 Å². The number of alkyl halides is 3. The number of ether oxygens (including phenoxy) is 1. The molecule has 2 atom stereocenters. The van der Waals surface area contributed by atoms with Crippen molar-refractivity contribution in [2.24, 2.45) is 11.3 Å². The van der Waals surface area contributed by atoms with Crippen molar-refractivity contribution in [3.8, 4) is 0 Å². The number of hydrogen-bond donors (Lipinski definition) is 0. The van der Waals surface area contributed by atoms with Crippen LogP contribution in [0.25, 0.3) is 0 Å². The fourth-order valence-corrected chi connectivity index (χ4v) is 1.64. The van der Waals surface area contributed by atoms with Gasteiger partial charge in [-0.3, -0.25) is 4.79 Å². The Bertz CT molecular complexity index is 296. The number of allylic oxidation sites excluding steroid dienone is 1. The van der Waals surface area contributed by atoms with E-state index in [0.29, 0.717) is 0 Å². The van der Waals surface area contributed by atoms with E-state index in [9.17, 15) is 18.0 Å². The Labute approximate surface area is 90.0 Å². The average Bonchev–Trinajstić information content (AvgIpc) is 2.54. The predicted molar refractivity (Wildman–Crippen MR) is 48.2 cm³/mol. The third-order valence-electron chi connectivity index (χ3n) is 2.61. The summed E-state index contributed by atoms with van der Waals surface area (Å²) < 4.78 is 40.9. The normalized spacial score (nSPS) is 29.9. The number of rotatable bonds is 3. The summed E-state index contributed by atoms with van der Waals surface area (Å²) in [5.41, 5.74) is -0.480. The Kier molecular flexibility index (Phi) is 3.05. The number of halogens is 4. The van der Waals surface area contributed by atoms with Gasteiger partial charge in [0.2, 0.25) is 0 Å². The summed E-state index contributed by atoms with van der Waals surface area (Å²) in [6.45, 7) is 3.66. The first-order valence-electron chi connectivity index (χ1n) is 4.25. The fourth-order valence-electron chi connectivity index (χ4n) is 1.50. The minimum absolute atomic E-state index is 0.238. The van der Waals surface area contributed by atoms with E-state index in [1.807, 2.05) is 0 Å². The first kappa shape index (κ1) is 12.4. The largest absolute Gasteiger partial charge is 0.463 e. The maximum atomic E-state index is 12.1. The maximum Gasteiger partial charge on any atom is 0.426 e. The highest BCUT2D eigenvalue weighted by Gasteiger charge is 2.59. The molecular formula is C9H10ClF3O2. The van der Waals surface area contributed by atoms with E-state index in [1.165, 1.54) is 0 Å². The van der Waals surface area contributed by atoms with Crippen LogP contribution in [-0.4, -0.2) is 18.8 Å². The van der Waals surface area contributed by atoms with Crippen LogP contribution < -0.4 is 0 Å². The maximum absolute atomic E-state index is 12.1. The third-order valence-corrected chi connectivity index (χ3v) is 2.95. The van der Waals surface area contributed by atoms with Crippen LogP contribution in [0.1, 0.15) is 13.8 Å². The molecule has 1 saturated carbocycles. The van der Waals surface area contributed by atoms with E-state index in [0.717, 1.165) is 6.08 Å². The zero-order valence-corrected chi connectivity index (χ0v) is 8.89. The lowest BCUT2D eigenvalue weighted by Gasteiger charge is -2.03. The summed E-state index contributed by atoms with van der Waals surface area (Å²) in [5, 5.41) is -1.17. The predicted octanol–water partition coefficient (Wildman–Crippen LogP) is 2.87. The highest BCUT2D eigenvalue weighted by molar-refractivity contribution is 6.30. The Morgan fingerprint density at radius 1 is 1.47 bits per heavy atom. The van der Waals surface area contributed by atoms with Gasteiger partial charge in [0.15, 0.2) is 0 Å². The summed E-state index contributed by atoms with van der Waals surface area (Å²) in [4.78, 5) is 10.1. The van der Waals surface area contributed by atoms with E-state index in [-0.39, 0.29) is 6.47 Å². The molecule has 2 unspecified atom stereocenters. The molecule has 0 aromatic carbocycles. The first-order valence-corrected chi connectivity index (χ1v) is 4.62. The molecule has 0 radical (unpaired) electrons. The minimum atomic E-state index is -4.54. The molecule has 0 heterocycles. The molecule has 0 saturated heterocycles. The molecule has 1 aliphatic rings. The monoisotopic (exact) mass is 242 g/mol. The van der Waals surface area contributed by atoms with Gasteiger partial charge in [-0.15, -0.1) is 0 Å². The summed E-state index contributed by atoms with van der Waals surface area (Å²) in [7, 11) is 0. The number of carbonyl (C=O) groups is 1. The summed E-state index contributed by atoms with van der Waals surface area (Å²) >= 11 is 5.08. The van der Waals surface area contributed by atoms with Crippen LogP contribution in [0.5, 0.6) is 0 Å². The van der Waals surface area contributed by atoms with Crippen LogP contribution in [0.2, 0.25) is 0 Å². The molecule has 0 aromatic rings. The van der Waals surface area contributed by atoms with Gasteiger partial charge in [0.05, 0.1) is 0 Å². The quantitative estimate of drug-likeness (QED) is 0.712. The van der Waals surface area contributed by atoms with E-state index in [1.54, 1.807) is 13.8 Å². The summed E-state index contributed by atoms with van der Waals surface area (Å²) in [6.07, 6.45) is -4.16. The SMILES string of the molecule is CC1(C)C(/C=C(/Cl)C(F)(F)F)C1OC=O. The van der Waals surface area contributed by atoms with E-state index in [2.05, 4.69) is 4.74 Å². The smallest absolute Gasteiger partial charge is 0.426 e. The van der Waals surface area contributed by atoms with Gasteiger partial charge in [0.1, 0.15) is 11.1 Å². The third kappa shape index (κ3) is 2.45. The first-order chi connectivity index (χ1) is 6.71. The van der Waals surface area contributed by atoms with Crippen LogP contribution in [-0.2, 0) is 9.53 Å². The van der Waals surface area contributed by atoms with E-state index in [4.69, 9.17) is 11.6 Å². The molecule has 86 valence electrons. The molecular weight excluding hydrogens is 233 g/mol. The van der Waals surface area contributed by atoms with Gasteiger partial charge < -0.3 is 4.74 Å². The zero-order chi connectivity index (χ0) is 11.9. The van der Waals surface area contributed by atoms with E-state index < -0.39 is 28.6 Å². The van der Waals surface area contributed by atoms with Gasteiger partial charge >= 0.3 is 6.18 Å². The zero-order valence-electron chi connectivity index (χ0n) is 8.14. The lowest BCUT2D eigenvalue weighted by Crippen LogP contribution is -2.07. The van der Waals surface area contributed by atoms with Crippen molar-refractivity contribution in [2.45, 2.75) is 26.1 Å². The van der Waals surface area contributed by atoms with Crippen molar-refractivity contribution in [3.05, 3.63) is 11.1 Å². The van der Waals surface area contributed by atoms with Crippen LogP contribution in [0.3, 0.4) is 0 Å². The second-order valence-corrected chi connectivity index (χ2v) is 4.42. The Morgan fingerprint density at radius 2 is 2.00 bits per heavy atom. The minimum Gasteiger partial charge on any atom is -0.463 e. The standard InChI is InChI=1S/C9H10ClF3O2/c1-8(2)5(7(8)15-4-14)3-6(10)9(11,12)13/h3-5,7H,1-2H3/b6-3+. The molecule has 0 aromatic heterocycles. The van der Waals surface area contributed by atoms with Gasteiger partial charge in [-0.1, -0.05) is 31.5 Å². The van der Waals surface area contributed by atoms with Crippen molar-refractivity contribution < 1.29 is 22.7 Å². The molecule has 6 heteroatoms. The van der Waals surface area contributed by atoms with Gasteiger partial charge in [0.25, 0.3) is 6.47 Å². The molecule has 2 nitrogen and oxygen atoms in total. The molecule has 1 fully saturated rings. The van der Waals surface area contributed by atoms with Crippen LogP contribution >= 0.6 is 11.6 Å². The number of carbonyl (C=O) groups excluding carboxylic acids is 1. The Hall–Kier alpha value is -0.710. The van der Waals surface area contributed by atoms with Gasteiger partial charge in [-0.2, -0.15) is 13.2 Å². The molecule has 15 heavy (non-hydrogen) atoms. The average molecular weight is 243 g/mol.